The lowest BCUT2D eigenvalue weighted by molar-refractivity contribution is 0.0697. The monoisotopic (exact) mass is 208 g/mol. The van der Waals surface area contributed by atoms with Gasteiger partial charge in [-0.25, -0.2) is 4.79 Å². The third-order valence-corrected chi connectivity index (χ3v) is 2.43. The number of hydrogen-bond acceptors (Lipinski definition) is 1. The van der Waals surface area contributed by atoms with Crippen LogP contribution in [0.4, 0.5) is 0 Å². The first-order chi connectivity index (χ1) is 6.72. The standard InChI is InChI=1S/C7H6O2.C4H9.Al.2H/c8-7(9)6-4-2-1-3-5-6;1-3-4-2;;;/h1-5H,(H,8,9);1,3-4H2,2H3;;;. The summed E-state index contributed by atoms with van der Waals surface area (Å²) < 4.78 is 0. The number of carboxylic acid groups (broad SMARTS) is 1. The third-order valence-electron chi connectivity index (χ3n) is 1.73. The van der Waals surface area contributed by atoms with Crippen molar-refractivity contribution in [3.63, 3.8) is 0 Å². The van der Waals surface area contributed by atoms with Crippen LogP contribution in [-0.4, -0.2) is 27.4 Å². The molecule has 0 atom stereocenters. The van der Waals surface area contributed by atoms with Gasteiger partial charge in [0.25, 0.3) is 0 Å². The summed E-state index contributed by atoms with van der Waals surface area (Å²) in [6.45, 7) is 2.23. The molecule has 1 N–H and O–H groups in total. The van der Waals surface area contributed by atoms with Crippen LogP contribution in [-0.2, 0) is 0 Å². The fourth-order valence-electron chi connectivity index (χ4n) is 0.934. The van der Waals surface area contributed by atoms with Gasteiger partial charge in [-0.15, -0.1) is 5.28 Å². The lowest BCUT2D eigenvalue weighted by atomic mass is 10.2. The van der Waals surface area contributed by atoms with Crippen LogP contribution < -0.4 is 0 Å². The van der Waals surface area contributed by atoms with E-state index in [0.717, 1.165) is 0 Å². The van der Waals surface area contributed by atoms with Gasteiger partial charge in [-0.2, -0.15) is 0 Å². The molecule has 1 aromatic rings. The first-order valence-electron chi connectivity index (χ1n) is 5.00. The first kappa shape index (κ1) is 13.2. The average molecular weight is 208 g/mol. The summed E-state index contributed by atoms with van der Waals surface area (Å²) in [6.07, 6.45) is 2.83. The summed E-state index contributed by atoms with van der Waals surface area (Å²) in [5, 5.41) is 9.87. The highest BCUT2D eigenvalue weighted by Gasteiger charge is 1.96. The molecule has 76 valence electrons. The third kappa shape index (κ3) is 6.71. The summed E-state index contributed by atoms with van der Waals surface area (Å²) in [5.74, 6) is -0.879. The van der Waals surface area contributed by atoms with Gasteiger partial charge in [-0.05, 0) is 12.1 Å². The average Bonchev–Trinajstić information content (AvgIpc) is 2.21. The van der Waals surface area contributed by atoms with E-state index in [9.17, 15) is 4.79 Å². The molecule has 0 spiro atoms. The number of rotatable bonds is 3. The van der Waals surface area contributed by atoms with Crippen molar-refractivity contribution in [1.29, 1.82) is 0 Å². The molecule has 0 aromatic heterocycles. The zero-order valence-corrected chi connectivity index (χ0v) is 10.9. The molecule has 0 aliphatic carbocycles. The van der Waals surface area contributed by atoms with E-state index in [0.29, 0.717) is 5.56 Å². The van der Waals surface area contributed by atoms with Gasteiger partial charge < -0.3 is 5.11 Å². The van der Waals surface area contributed by atoms with E-state index >= 15 is 0 Å². The van der Waals surface area contributed by atoms with Crippen molar-refractivity contribution < 1.29 is 9.90 Å². The Kier molecular flexibility index (Phi) is 8.32. The van der Waals surface area contributed by atoms with E-state index in [4.69, 9.17) is 5.11 Å². The zero-order chi connectivity index (χ0) is 10.8. The van der Waals surface area contributed by atoms with Crippen molar-refractivity contribution in [2.45, 2.75) is 25.0 Å². The molecule has 0 radical (unpaired) electrons. The molecule has 1 rings (SSSR count). The summed E-state index contributed by atoms with van der Waals surface area (Å²) in [5.41, 5.74) is 0.331. The SMILES string of the molecule is CCC[CH2][AlH2].O=C(O)c1ccccc1. The Labute approximate surface area is 93.4 Å². The van der Waals surface area contributed by atoms with Crippen LogP contribution in [0.5, 0.6) is 0 Å². The molecule has 0 aliphatic rings. The molecule has 0 fully saturated rings. The number of unbranched alkanes of at least 4 members (excludes halogenated alkanes) is 1. The normalized spacial score (nSPS) is 8.64. The highest BCUT2D eigenvalue weighted by atomic mass is 27.0. The van der Waals surface area contributed by atoms with Crippen LogP contribution in [0.25, 0.3) is 0 Å². The molecule has 0 saturated heterocycles. The maximum Gasteiger partial charge on any atom is 0.335 e. The summed E-state index contributed by atoms with van der Waals surface area (Å²) >= 11 is 1.40. The predicted molar refractivity (Wildman–Crippen MR) is 61.7 cm³/mol. The highest BCUT2D eigenvalue weighted by Crippen LogP contribution is 1.96. The number of carboxylic acids is 1. The lowest BCUT2D eigenvalue weighted by Crippen LogP contribution is -1.93. The quantitative estimate of drug-likeness (QED) is 0.773. The van der Waals surface area contributed by atoms with Crippen LogP contribution in [0.2, 0.25) is 5.28 Å². The van der Waals surface area contributed by atoms with Gasteiger partial charge >= 0.3 is 5.97 Å². The fraction of sp³-hybridized carbons (Fsp3) is 0.364. The van der Waals surface area contributed by atoms with E-state index in [-0.39, 0.29) is 0 Å². The number of hydrogen-bond donors (Lipinski definition) is 1. The molecule has 0 amide bonds. The Hall–Kier alpha value is -0.778. The Morgan fingerprint density at radius 3 is 2.14 bits per heavy atom. The number of benzene rings is 1. The predicted octanol–water partition coefficient (Wildman–Crippen LogP) is 2.22. The van der Waals surface area contributed by atoms with Gasteiger partial charge in [0, 0.05) is 0 Å². The molecule has 0 saturated carbocycles. The second-order valence-electron chi connectivity index (χ2n) is 3.02. The van der Waals surface area contributed by atoms with Crippen LogP contribution in [0.15, 0.2) is 30.3 Å². The Bertz CT molecular complexity index is 245. The molecule has 0 aliphatic heterocycles. The van der Waals surface area contributed by atoms with Crippen molar-refractivity contribution in [2.75, 3.05) is 0 Å². The van der Waals surface area contributed by atoms with Crippen molar-refractivity contribution >= 4 is 22.3 Å². The molecule has 3 heteroatoms. The minimum atomic E-state index is -0.879. The summed E-state index contributed by atoms with van der Waals surface area (Å²) in [7, 11) is 0. The second kappa shape index (κ2) is 8.80. The van der Waals surface area contributed by atoms with Crippen molar-refractivity contribution in [3.05, 3.63) is 35.9 Å². The second-order valence-corrected chi connectivity index (χ2v) is 4.02. The molecule has 0 bridgehead atoms. The van der Waals surface area contributed by atoms with Crippen molar-refractivity contribution in [2.24, 2.45) is 0 Å². The summed E-state index contributed by atoms with van der Waals surface area (Å²) in [6, 6.07) is 8.30. The van der Waals surface area contributed by atoms with E-state index in [1.54, 1.807) is 30.3 Å². The van der Waals surface area contributed by atoms with Gasteiger partial charge in [-0.1, -0.05) is 38.0 Å². The first-order valence-corrected chi connectivity index (χ1v) is 6.42. The van der Waals surface area contributed by atoms with Crippen LogP contribution in [0.3, 0.4) is 0 Å². The van der Waals surface area contributed by atoms with Gasteiger partial charge in [0.15, 0.2) is 0 Å². The van der Waals surface area contributed by atoms with Gasteiger partial charge in [0.05, 0.1) is 5.56 Å². The van der Waals surface area contributed by atoms with Crippen molar-refractivity contribution in [3.8, 4) is 0 Å². The molecule has 1 aromatic carbocycles. The maximum absolute atomic E-state index is 10.2. The van der Waals surface area contributed by atoms with Crippen molar-refractivity contribution in [1.82, 2.24) is 0 Å². The van der Waals surface area contributed by atoms with E-state index in [1.807, 2.05) is 0 Å². The van der Waals surface area contributed by atoms with E-state index in [1.165, 1.54) is 34.4 Å². The summed E-state index contributed by atoms with van der Waals surface area (Å²) in [4.78, 5) is 10.2. The Morgan fingerprint density at radius 2 is 1.93 bits per heavy atom. The van der Waals surface area contributed by atoms with E-state index < -0.39 is 5.97 Å². The largest absolute Gasteiger partial charge is 0.478 e. The minimum absolute atomic E-state index is 0.331. The number of carbonyl (C=O) groups is 1. The fourth-order valence-corrected chi connectivity index (χ4v) is 1.64. The Balaban J connectivity index is 0.000000292. The topological polar surface area (TPSA) is 37.3 Å². The molecular formula is C11H17AlO2. The van der Waals surface area contributed by atoms with Gasteiger partial charge in [-0.3, -0.25) is 0 Å². The van der Waals surface area contributed by atoms with Crippen LogP contribution in [0, 0.1) is 0 Å². The highest BCUT2D eigenvalue weighted by molar-refractivity contribution is 6.08. The van der Waals surface area contributed by atoms with Crippen LogP contribution >= 0.6 is 0 Å². The molecule has 2 nitrogen and oxygen atoms in total. The van der Waals surface area contributed by atoms with Crippen LogP contribution in [0.1, 0.15) is 30.1 Å². The molecule has 14 heavy (non-hydrogen) atoms. The van der Waals surface area contributed by atoms with Gasteiger partial charge in [0.1, 0.15) is 0 Å². The molecule has 0 heterocycles. The van der Waals surface area contributed by atoms with Gasteiger partial charge in [0.2, 0.25) is 16.3 Å². The molecule has 0 unspecified atom stereocenters. The minimum Gasteiger partial charge on any atom is -0.478 e. The smallest absolute Gasteiger partial charge is 0.335 e. The Morgan fingerprint density at radius 1 is 1.36 bits per heavy atom. The zero-order valence-electron chi connectivity index (χ0n) is 8.86. The lowest BCUT2D eigenvalue weighted by Gasteiger charge is -1.88. The maximum atomic E-state index is 10.2. The number of aromatic carboxylic acids is 1. The van der Waals surface area contributed by atoms with E-state index in [2.05, 4.69) is 6.92 Å². The molecular weight excluding hydrogens is 191 g/mol.